The van der Waals surface area contributed by atoms with Gasteiger partial charge in [0, 0.05) is 5.56 Å². The van der Waals surface area contributed by atoms with E-state index in [0.29, 0.717) is 12.0 Å². The summed E-state index contributed by atoms with van der Waals surface area (Å²) in [7, 11) is 0. The minimum Gasteiger partial charge on any atom is -0.368 e. The lowest BCUT2D eigenvalue weighted by atomic mass is 10.1. The Morgan fingerprint density at radius 3 is 2.20 bits per heavy atom. The van der Waals surface area contributed by atoms with Crippen LogP contribution < -0.4 is 11.1 Å². The smallest absolute Gasteiger partial charge is 0.251 e. The van der Waals surface area contributed by atoms with Crippen LogP contribution >= 0.6 is 0 Å². The molecule has 0 unspecified atom stereocenters. The number of hydrogen-bond donors (Lipinski definition) is 2. The van der Waals surface area contributed by atoms with E-state index in [1.54, 1.807) is 12.1 Å². The molecule has 0 saturated carbocycles. The van der Waals surface area contributed by atoms with Crippen LogP contribution in [0.15, 0.2) is 29.8 Å². The van der Waals surface area contributed by atoms with Gasteiger partial charge in [0.1, 0.15) is 6.04 Å². The largest absolute Gasteiger partial charge is 0.368 e. The highest BCUT2D eigenvalue weighted by molar-refractivity contribution is 5.97. The Morgan fingerprint density at radius 2 is 1.75 bits per heavy atom. The normalized spacial score (nSPS) is 11.6. The molecule has 0 spiro atoms. The van der Waals surface area contributed by atoms with E-state index in [1.165, 1.54) is 0 Å². The van der Waals surface area contributed by atoms with Crippen LogP contribution in [0.5, 0.6) is 0 Å². The van der Waals surface area contributed by atoms with Crippen LogP contribution in [-0.4, -0.2) is 17.9 Å². The van der Waals surface area contributed by atoms with Crippen LogP contribution in [0, 0.1) is 13.8 Å². The van der Waals surface area contributed by atoms with Gasteiger partial charge < -0.3 is 11.1 Å². The summed E-state index contributed by atoms with van der Waals surface area (Å²) in [6, 6.07) is 4.90. The van der Waals surface area contributed by atoms with Gasteiger partial charge in [0.15, 0.2) is 0 Å². The first-order valence-electron chi connectivity index (χ1n) is 6.61. The maximum Gasteiger partial charge on any atom is 0.251 e. The quantitative estimate of drug-likeness (QED) is 0.808. The number of carbonyl (C=O) groups excluding carboxylic acids is 2. The van der Waals surface area contributed by atoms with Crippen molar-refractivity contribution in [1.29, 1.82) is 0 Å². The Hall–Kier alpha value is -2.10. The summed E-state index contributed by atoms with van der Waals surface area (Å²) in [4.78, 5) is 23.6. The Kier molecular flexibility index (Phi) is 5.50. The van der Waals surface area contributed by atoms with Crippen molar-refractivity contribution in [2.45, 2.75) is 40.2 Å². The Balaban J connectivity index is 2.85. The van der Waals surface area contributed by atoms with Crippen molar-refractivity contribution in [2.75, 3.05) is 0 Å². The molecule has 0 aliphatic heterocycles. The molecule has 0 bridgehead atoms. The molecule has 3 N–H and O–H groups in total. The van der Waals surface area contributed by atoms with E-state index in [1.807, 2.05) is 39.8 Å². The van der Waals surface area contributed by atoms with Gasteiger partial charge in [-0.05, 0) is 46.2 Å². The highest BCUT2D eigenvalue weighted by Gasteiger charge is 2.18. The Bertz CT molecular complexity index is 523. The van der Waals surface area contributed by atoms with Gasteiger partial charge in [0.2, 0.25) is 5.91 Å². The molecular weight excluding hydrogens is 252 g/mol. The van der Waals surface area contributed by atoms with Crippen LogP contribution in [0.25, 0.3) is 0 Å². The molecule has 108 valence electrons. The van der Waals surface area contributed by atoms with E-state index in [9.17, 15) is 9.59 Å². The summed E-state index contributed by atoms with van der Waals surface area (Å²) >= 11 is 0. The lowest BCUT2D eigenvalue weighted by molar-refractivity contribution is -0.119. The van der Waals surface area contributed by atoms with E-state index < -0.39 is 11.9 Å². The number of allylic oxidation sites excluding steroid dienone is 1. The lowest BCUT2D eigenvalue weighted by Crippen LogP contribution is -2.44. The van der Waals surface area contributed by atoms with Gasteiger partial charge in [-0.3, -0.25) is 9.59 Å². The van der Waals surface area contributed by atoms with Crippen molar-refractivity contribution in [3.8, 4) is 0 Å². The molecule has 0 aliphatic rings. The van der Waals surface area contributed by atoms with E-state index >= 15 is 0 Å². The van der Waals surface area contributed by atoms with E-state index in [2.05, 4.69) is 5.32 Å². The van der Waals surface area contributed by atoms with Crippen molar-refractivity contribution in [3.63, 3.8) is 0 Å². The summed E-state index contributed by atoms with van der Waals surface area (Å²) in [6.45, 7) is 7.73. The second kappa shape index (κ2) is 6.89. The highest BCUT2D eigenvalue weighted by Crippen LogP contribution is 2.09. The van der Waals surface area contributed by atoms with E-state index in [0.717, 1.165) is 16.7 Å². The average Bonchev–Trinajstić information content (AvgIpc) is 2.32. The Labute approximate surface area is 120 Å². The molecule has 1 atom stereocenters. The predicted molar refractivity (Wildman–Crippen MR) is 80.4 cm³/mol. The number of primary amides is 1. The zero-order chi connectivity index (χ0) is 15.3. The van der Waals surface area contributed by atoms with Crippen molar-refractivity contribution >= 4 is 11.8 Å². The Morgan fingerprint density at radius 1 is 1.20 bits per heavy atom. The maximum absolute atomic E-state index is 12.2. The monoisotopic (exact) mass is 274 g/mol. The van der Waals surface area contributed by atoms with Crippen molar-refractivity contribution < 1.29 is 9.59 Å². The minimum absolute atomic E-state index is 0.275. The van der Waals surface area contributed by atoms with Gasteiger partial charge in [0.25, 0.3) is 5.91 Å². The first kappa shape index (κ1) is 16.0. The van der Waals surface area contributed by atoms with Gasteiger partial charge in [-0.1, -0.05) is 28.8 Å². The van der Waals surface area contributed by atoms with Gasteiger partial charge in [-0.2, -0.15) is 0 Å². The molecule has 0 aliphatic carbocycles. The number of nitrogens with two attached hydrogens (primary N) is 1. The zero-order valence-electron chi connectivity index (χ0n) is 12.5. The third kappa shape index (κ3) is 4.88. The minimum atomic E-state index is -0.682. The SMILES string of the molecule is CC(C)=CC[C@@H](NC(=O)c1cc(C)cc(C)c1)C(N)=O. The average molecular weight is 274 g/mol. The maximum atomic E-state index is 12.2. The topological polar surface area (TPSA) is 72.2 Å². The molecule has 1 aromatic carbocycles. The van der Waals surface area contributed by atoms with Gasteiger partial charge in [-0.25, -0.2) is 0 Å². The molecule has 4 heteroatoms. The predicted octanol–water partition coefficient (Wildman–Crippen LogP) is 2.24. The first-order chi connectivity index (χ1) is 9.29. The second-order valence-electron chi connectivity index (χ2n) is 5.32. The third-order valence-electron chi connectivity index (χ3n) is 2.89. The van der Waals surface area contributed by atoms with Crippen molar-refractivity contribution in [2.24, 2.45) is 5.73 Å². The van der Waals surface area contributed by atoms with Crippen molar-refractivity contribution in [3.05, 3.63) is 46.5 Å². The third-order valence-corrected chi connectivity index (χ3v) is 2.89. The summed E-state index contributed by atoms with van der Waals surface area (Å²) in [5, 5.41) is 2.68. The fourth-order valence-electron chi connectivity index (χ4n) is 1.95. The van der Waals surface area contributed by atoms with Gasteiger partial charge >= 0.3 is 0 Å². The molecule has 0 heterocycles. The molecule has 0 radical (unpaired) electrons. The number of amides is 2. The number of rotatable bonds is 5. The molecule has 4 nitrogen and oxygen atoms in total. The van der Waals surface area contributed by atoms with Crippen LogP contribution in [-0.2, 0) is 4.79 Å². The van der Waals surface area contributed by atoms with E-state index in [4.69, 9.17) is 5.73 Å². The summed E-state index contributed by atoms with van der Waals surface area (Å²) in [5.41, 5.74) is 8.97. The fourth-order valence-corrected chi connectivity index (χ4v) is 1.95. The molecule has 0 aromatic heterocycles. The van der Waals surface area contributed by atoms with Crippen LogP contribution in [0.3, 0.4) is 0 Å². The van der Waals surface area contributed by atoms with Crippen LogP contribution in [0.1, 0.15) is 41.8 Å². The number of benzene rings is 1. The number of aryl methyl sites for hydroxylation is 2. The highest BCUT2D eigenvalue weighted by atomic mass is 16.2. The summed E-state index contributed by atoms with van der Waals surface area (Å²) in [6.07, 6.45) is 2.30. The summed E-state index contributed by atoms with van der Waals surface area (Å²) < 4.78 is 0. The molecule has 20 heavy (non-hydrogen) atoms. The van der Waals surface area contributed by atoms with Crippen molar-refractivity contribution in [1.82, 2.24) is 5.32 Å². The number of nitrogens with one attached hydrogen (secondary N) is 1. The standard InChI is InChI=1S/C16H22N2O2/c1-10(2)5-6-14(15(17)19)18-16(20)13-8-11(3)7-12(4)9-13/h5,7-9,14H,6H2,1-4H3,(H2,17,19)(H,18,20)/t14-/m1/s1. The molecule has 0 fully saturated rings. The number of carbonyl (C=O) groups is 2. The molecule has 1 aromatic rings. The van der Waals surface area contributed by atoms with E-state index in [-0.39, 0.29) is 5.91 Å². The first-order valence-corrected chi connectivity index (χ1v) is 6.61. The molecule has 2 amide bonds. The molecule has 0 saturated heterocycles. The fraction of sp³-hybridized carbons (Fsp3) is 0.375. The van der Waals surface area contributed by atoms with Gasteiger partial charge in [0.05, 0.1) is 0 Å². The number of hydrogen-bond acceptors (Lipinski definition) is 2. The van der Waals surface area contributed by atoms with Crippen LogP contribution in [0.2, 0.25) is 0 Å². The second-order valence-corrected chi connectivity index (χ2v) is 5.32. The van der Waals surface area contributed by atoms with Gasteiger partial charge in [-0.15, -0.1) is 0 Å². The summed E-state index contributed by atoms with van der Waals surface area (Å²) in [5.74, 6) is -0.803. The molecule has 1 rings (SSSR count). The van der Waals surface area contributed by atoms with Crippen LogP contribution in [0.4, 0.5) is 0 Å². The molecular formula is C16H22N2O2. The lowest BCUT2D eigenvalue weighted by Gasteiger charge is -2.14. The zero-order valence-corrected chi connectivity index (χ0v) is 12.5.